The number of hydrogen-bond acceptors (Lipinski definition) is 1. The van der Waals surface area contributed by atoms with Crippen molar-refractivity contribution >= 4 is 10.9 Å². The van der Waals surface area contributed by atoms with Crippen LogP contribution in [0.15, 0.2) is 72.8 Å². The topological polar surface area (TPSA) is 12.9 Å². The third-order valence-electron chi connectivity index (χ3n) is 6.00. The summed E-state index contributed by atoms with van der Waals surface area (Å²) in [6.07, 6.45) is 0. The molecule has 0 fully saturated rings. The molecule has 160 valence electrons. The van der Waals surface area contributed by atoms with Gasteiger partial charge >= 0.3 is 0 Å². The molecule has 0 amide bonds. The second kappa shape index (κ2) is 6.97. The zero-order valence-electron chi connectivity index (χ0n) is 16.8. The number of pyridine rings is 1. The van der Waals surface area contributed by atoms with E-state index in [1.54, 1.807) is 6.07 Å². The molecule has 0 N–H and O–H groups in total. The van der Waals surface area contributed by atoms with Gasteiger partial charge in [0.1, 0.15) is 0 Å². The number of benzene rings is 4. The molecule has 6 rings (SSSR count). The summed E-state index contributed by atoms with van der Waals surface area (Å²) in [6, 6.07) is 21.5. The molecule has 1 aliphatic carbocycles. The van der Waals surface area contributed by atoms with Gasteiger partial charge in [-0.3, -0.25) is 0 Å². The van der Waals surface area contributed by atoms with Crippen LogP contribution in [0.3, 0.4) is 0 Å². The summed E-state index contributed by atoms with van der Waals surface area (Å²) in [4.78, 5) is 4.72. The van der Waals surface area contributed by atoms with E-state index >= 15 is 0 Å². The third kappa shape index (κ3) is 2.73. The van der Waals surface area contributed by atoms with Crippen LogP contribution in [0.1, 0.15) is 0 Å². The van der Waals surface area contributed by atoms with Gasteiger partial charge in [0, 0.05) is 10.9 Å². The van der Waals surface area contributed by atoms with Gasteiger partial charge in [0.2, 0.25) is 5.82 Å². The highest BCUT2D eigenvalue weighted by Crippen LogP contribution is 2.47. The Hall–Kier alpha value is -4.06. The number of hydrogen-bond donors (Lipinski definition) is 0. The summed E-state index contributed by atoms with van der Waals surface area (Å²) in [7, 11) is 0. The number of nitrogens with zero attached hydrogens (tertiary/aromatic N) is 1. The number of halogens is 5. The normalized spacial score (nSPS) is 11.8. The molecule has 1 aromatic heterocycles. The van der Waals surface area contributed by atoms with Crippen LogP contribution in [0.25, 0.3) is 55.5 Å². The Morgan fingerprint density at radius 3 is 1.79 bits per heavy atom. The van der Waals surface area contributed by atoms with Crippen molar-refractivity contribution in [1.82, 2.24) is 4.98 Å². The van der Waals surface area contributed by atoms with Crippen molar-refractivity contribution < 1.29 is 22.0 Å². The summed E-state index contributed by atoms with van der Waals surface area (Å²) in [5.41, 5.74) is 4.85. The number of fused-ring (bicyclic) bond motifs is 3. The summed E-state index contributed by atoms with van der Waals surface area (Å²) in [5, 5.41) is 1.01. The minimum atomic E-state index is -2.18. The molecule has 4 aromatic carbocycles. The maximum atomic E-state index is 14.4. The summed E-state index contributed by atoms with van der Waals surface area (Å²) in [6.45, 7) is 0. The van der Waals surface area contributed by atoms with Gasteiger partial charge in [-0.2, -0.15) is 0 Å². The minimum absolute atomic E-state index is 0.132. The van der Waals surface area contributed by atoms with Gasteiger partial charge in [0.15, 0.2) is 23.3 Å². The molecule has 1 aliphatic rings. The van der Waals surface area contributed by atoms with Crippen LogP contribution in [-0.2, 0) is 0 Å². The van der Waals surface area contributed by atoms with Crippen LogP contribution in [0.5, 0.6) is 0 Å². The Bertz CT molecular complexity index is 1590. The average molecular weight is 445 g/mol. The van der Waals surface area contributed by atoms with Gasteiger partial charge < -0.3 is 0 Å². The third-order valence-corrected chi connectivity index (χ3v) is 6.00. The Kier molecular flexibility index (Phi) is 4.14. The molecule has 0 bridgehead atoms. The van der Waals surface area contributed by atoms with Gasteiger partial charge in [0.05, 0.1) is 16.8 Å². The molecule has 33 heavy (non-hydrogen) atoms. The lowest BCUT2D eigenvalue weighted by molar-refractivity contribution is 0.381. The first-order valence-corrected chi connectivity index (χ1v) is 10.1. The monoisotopic (exact) mass is 445 g/mol. The zero-order valence-corrected chi connectivity index (χ0v) is 16.8. The number of rotatable bonds is 2. The lowest BCUT2D eigenvalue weighted by Gasteiger charge is -2.11. The van der Waals surface area contributed by atoms with E-state index in [2.05, 4.69) is 0 Å². The van der Waals surface area contributed by atoms with E-state index in [4.69, 9.17) is 4.98 Å². The predicted octanol–water partition coefficient (Wildman–Crippen LogP) is 7.91. The second-order valence-electron chi connectivity index (χ2n) is 7.83. The fourth-order valence-corrected chi connectivity index (χ4v) is 4.52. The molecule has 0 saturated heterocycles. The lowest BCUT2D eigenvalue weighted by atomic mass is 9.98. The van der Waals surface area contributed by atoms with Crippen LogP contribution in [0.4, 0.5) is 22.0 Å². The Balaban J connectivity index is 1.57. The maximum Gasteiger partial charge on any atom is 0.200 e. The van der Waals surface area contributed by atoms with E-state index in [1.807, 2.05) is 48.5 Å². The van der Waals surface area contributed by atoms with Gasteiger partial charge in [-0.1, -0.05) is 54.6 Å². The molecule has 6 heteroatoms. The van der Waals surface area contributed by atoms with Crippen molar-refractivity contribution in [1.29, 1.82) is 0 Å². The van der Waals surface area contributed by atoms with Crippen LogP contribution in [-0.4, -0.2) is 4.98 Å². The SMILES string of the molecule is Fc1c(F)c(F)c(-c2cccc(-c3cc4c5c(cccc5n3)-c3ccccc3-4)c2)c(F)c1F. The summed E-state index contributed by atoms with van der Waals surface area (Å²) < 4.78 is 69.8. The van der Waals surface area contributed by atoms with Gasteiger partial charge in [-0.25, -0.2) is 26.9 Å². The lowest BCUT2D eigenvalue weighted by Crippen LogP contribution is -2.04. The first-order chi connectivity index (χ1) is 16.0. The van der Waals surface area contributed by atoms with Crippen molar-refractivity contribution in [3.05, 3.63) is 102 Å². The Morgan fingerprint density at radius 1 is 0.485 bits per heavy atom. The molecule has 1 heterocycles. The smallest absolute Gasteiger partial charge is 0.200 e. The van der Waals surface area contributed by atoms with E-state index in [-0.39, 0.29) is 5.56 Å². The van der Waals surface area contributed by atoms with Crippen molar-refractivity contribution in [2.45, 2.75) is 0 Å². The molecular weight excluding hydrogens is 433 g/mol. The quantitative estimate of drug-likeness (QED) is 0.150. The van der Waals surface area contributed by atoms with E-state index in [0.29, 0.717) is 11.3 Å². The van der Waals surface area contributed by atoms with Crippen molar-refractivity contribution in [2.75, 3.05) is 0 Å². The second-order valence-corrected chi connectivity index (χ2v) is 7.83. The van der Waals surface area contributed by atoms with Crippen molar-refractivity contribution in [3.8, 4) is 44.6 Å². The Labute approximate surface area is 184 Å². The minimum Gasteiger partial charge on any atom is -0.248 e. The highest BCUT2D eigenvalue weighted by atomic mass is 19.2. The van der Waals surface area contributed by atoms with Crippen LogP contribution < -0.4 is 0 Å². The molecule has 5 aromatic rings. The molecule has 0 spiro atoms. The fraction of sp³-hybridized carbons (Fsp3) is 0. The Morgan fingerprint density at radius 2 is 1.06 bits per heavy atom. The van der Waals surface area contributed by atoms with E-state index in [9.17, 15) is 22.0 Å². The average Bonchev–Trinajstić information content (AvgIpc) is 3.17. The first kappa shape index (κ1) is 19.6. The molecular formula is C27H12F5N. The molecule has 0 atom stereocenters. The predicted molar refractivity (Wildman–Crippen MR) is 117 cm³/mol. The van der Waals surface area contributed by atoms with E-state index < -0.39 is 34.6 Å². The molecule has 0 saturated carbocycles. The summed E-state index contributed by atoms with van der Waals surface area (Å²) >= 11 is 0. The van der Waals surface area contributed by atoms with Crippen LogP contribution in [0, 0.1) is 29.1 Å². The largest absolute Gasteiger partial charge is 0.248 e. The van der Waals surface area contributed by atoms with Gasteiger partial charge in [-0.05, 0) is 46.0 Å². The highest BCUT2D eigenvalue weighted by molar-refractivity contribution is 6.14. The van der Waals surface area contributed by atoms with Crippen molar-refractivity contribution in [3.63, 3.8) is 0 Å². The van der Waals surface area contributed by atoms with Crippen molar-refractivity contribution in [2.24, 2.45) is 0 Å². The zero-order chi connectivity index (χ0) is 22.9. The van der Waals surface area contributed by atoms with Gasteiger partial charge in [0.25, 0.3) is 0 Å². The molecule has 1 nitrogen and oxygen atoms in total. The molecule has 0 radical (unpaired) electrons. The van der Waals surface area contributed by atoms with Gasteiger partial charge in [-0.15, -0.1) is 0 Å². The highest BCUT2D eigenvalue weighted by Gasteiger charge is 2.27. The molecule has 0 aliphatic heterocycles. The maximum absolute atomic E-state index is 14.4. The standard InChI is InChI=1S/C27H12F5N/c28-23-21(24(29)26(31)27(32)25(23)30)14-6-3-5-13(11-14)20-12-18-16-8-2-1-7-15(16)17-9-4-10-19(33-20)22(17)18/h1-12H. The first-order valence-electron chi connectivity index (χ1n) is 10.1. The van der Waals surface area contributed by atoms with Crippen LogP contribution in [0.2, 0.25) is 0 Å². The van der Waals surface area contributed by atoms with E-state index in [0.717, 1.165) is 33.2 Å². The number of aromatic nitrogens is 1. The summed E-state index contributed by atoms with van der Waals surface area (Å²) in [5.74, 6) is -9.87. The van der Waals surface area contributed by atoms with Crippen LogP contribution >= 0.6 is 0 Å². The fourth-order valence-electron chi connectivity index (χ4n) is 4.52. The molecule has 0 unspecified atom stereocenters. The van der Waals surface area contributed by atoms with E-state index in [1.165, 1.54) is 18.2 Å².